The van der Waals surface area contributed by atoms with Crippen molar-refractivity contribution in [1.29, 1.82) is 0 Å². The number of carbonyl (C=O) groups excluding carboxylic acids is 1. The molecular weight excluding hydrogens is 228 g/mol. The van der Waals surface area contributed by atoms with E-state index in [0.717, 1.165) is 5.52 Å². The topological polar surface area (TPSA) is 54.1 Å². The number of H-pyrrole nitrogens is 1. The van der Waals surface area contributed by atoms with E-state index in [4.69, 9.17) is 4.74 Å². The number of methoxy groups -OCH3 is 1. The van der Waals surface area contributed by atoms with Crippen LogP contribution in [0.2, 0.25) is 0 Å². The Balaban J connectivity index is 0.00000120. The van der Waals surface area contributed by atoms with Crippen molar-refractivity contribution in [3.8, 4) is 0 Å². The van der Waals surface area contributed by atoms with E-state index in [0.29, 0.717) is 13.0 Å². The smallest absolute Gasteiger partial charge is 0.323 e. The molecule has 0 amide bonds. The van der Waals surface area contributed by atoms with Crippen LogP contribution >= 0.6 is 0 Å². The van der Waals surface area contributed by atoms with E-state index in [2.05, 4.69) is 22.4 Å². The molecule has 1 atom stereocenters. The van der Waals surface area contributed by atoms with E-state index >= 15 is 0 Å². The maximum atomic E-state index is 11.5. The standard InChI is InChI=1S/C13H14N2O2.CH4/c1-17-13(16)11-6-9-8-4-2-3-5-10(8)15-12(9)7-14-11;/h2-5,11,14-15H,6-7H2,1H3;1H4. The molecule has 4 heteroatoms. The van der Waals surface area contributed by atoms with Crippen molar-refractivity contribution in [1.82, 2.24) is 10.3 Å². The monoisotopic (exact) mass is 246 g/mol. The molecule has 96 valence electrons. The zero-order chi connectivity index (χ0) is 11.8. The summed E-state index contributed by atoms with van der Waals surface area (Å²) in [5.74, 6) is -0.194. The van der Waals surface area contributed by atoms with Gasteiger partial charge in [-0.15, -0.1) is 0 Å². The first-order valence-corrected chi connectivity index (χ1v) is 5.69. The van der Waals surface area contributed by atoms with Crippen molar-refractivity contribution >= 4 is 16.9 Å². The Kier molecular flexibility index (Phi) is 3.39. The predicted molar refractivity (Wildman–Crippen MR) is 71.4 cm³/mol. The summed E-state index contributed by atoms with van der Waals surface area (Å²) < 4.78 is 4.78. The first kappa shape index (κ1) is 12.6. The minimum atomic E-state index is -0.230. The SMILES string of the molecule is C.COC(=O)C1Cc2c([nH]c3ccccc23)CN1. The molecule has 0 bridgehead atoms. The molecule has 1 aromatic carbocycles. The number of benzene rings is 1. The second-order valence-corrected chi connectivity index (χ2v) is 4.29. The van der Waals surface area contributed by atoms with Crippen LogP contribution in [0.25, 0.3) is 10.9 Å². The van der Waals surface area contributed by atoms with Gasteiger partial charge < -0.3 is 9.72 Å². The van der Waals surface area contributed by atoms with Gasteiger partial charge >= 0.3 is 5.97 Å². The third kappa shape index (κ3) is 1.88. The van der Waals surface area contributed by atoms with Gasteiger partial charge in [-0.3, -0.25) is 10.1 Å². The summed E-state index contributed by atoms with van der Waals surface area (Å²) in [6.45, 7) is 0.684. The summed E-state index contributed by atoms with van der Waals surface area (Å²) in [5.41, 5.74) is 3.53. The number of esters is 1. The molecule has 3 rings (SSSR count). The van der Waals surface area contributed by atoms with Crippen LogP contribution in [0.3, 0.4) is 0 Å². The van der Waals surface area contributed by atoms with Gasteiger partial charge in [0.1, 0.15) is 6.04 Å². The van der Waals surface area contributed by atoms with E-state index in [1.54, 1.807) is 0 Å². The summed E-state index contributed by atoms with van der Waals surface area (Å²) in [5, 5.41) is 4.39. The normalized spacial score (nSPS) is 17.9. The van der Waals surface area contributed by atoms with Crippen LogP contribution in [0.15, 0.2) is 24.3 Å². The van der Waals surface area contributed by atoms with Gasteiger partial charge in [-0.2, -0.15) is 0 Å². The highest BCUT2D eigenvalue weighted by molar-refractivity contribution is 5.86. The number of nitrogens with one attached hydrogen (secondary N) is 2. The number of rotatable bonds is 1. The summed E-state index contributed by atoms with van der Waals surface area (Å²) in [7, 11) is 1.43. The molecule has 2 heterocycles. The van der Waals surface area contributed by atoms with Crippen LogP contribution < -0.4 is 5.32 Å². The number of ether oxygens (including phenoxy) is 1. The summed E-state index contributed by atoms with van der Waals surface area (Å²) in [4.78, 5) is 14.9. The number of para-hydroxylation sites is 1. The number of hydrogen-bond donors (Lipinski definition) is 2. The molecule has 0 fully saturated rings. The lowest BCUT2D eigenvalue weighted by molar-refractivity contribution is -0.143. The number of carbonyl (C=O) groups is 1. The molecule has 0 radical (unpaired) electrons. The fourth-order valence-electron chi connectivity index (χ4n) is 2.45. The highest BCUT2D eigenvalue weighted by Gasteiger charge is 2.27. The Morgan fingerprint density at radius 2 is 2.17 bits per heavy atom. The van der Waals surface area contributed by atoms with E-state index < -0.39 is 0 Å². The van der Waals surface area contributed by atoms with Gasteiger partial charge in [0.2, 0.25) is 0 Å². The third-order valence-electron chi connectivity index (χ3n) is 3.32. The molecule has 4 nitrogen and oxygen atoms in total. The first-order chi connectivity index (χ1) is 8.29. The highest BCUT2D eigenvalue weighted by atomic mass is 16.5. The Morgan fingerprint density at radius 3 is 2.94 bits per heavy atom. The van der Waals surface area contributed by atoms with Crippen molar-refractivity contribution < 1.29 is 9.53 Å². The van der Waals surface area contributed by atoms with Crippen molar-refractivity contribution in [2.75, 3.05) is 7.11 Å². The average Bonchev–Trinajstić information content (AvgIpc) is 2.75. The molecule has 1 aromatic heterocycles. The Hall–Kier alpha value is -1.81. The minimum Gasteiger partial charge on any atom is -0.468 e. The second-order valence-electron chi connectivity index (χ2n) is 4.29. The lowest BCUT2D eigenvalue weighted by Crippen LogP contribution is -2.42. The van der Waals surface area contributed by atoms with E-state index in [1.807, 2.05) is 12.1 Å². The van der Waals surface area contributed by atoms with Gasteiger partial charge in [0.15, 0.2) is 0 Å². The molecule has 2 N–H and O–H groups in total. The summed E-state index contributed by atoms with van der Waals surface area (Å²) in [6.07, 6.45) is 0.687. The maximum absolute atomic E-state index is 11.5. The van der Waals surface area contributed by atoms with E-state index in [9.17, 15) is 4.79 Å². The van der Waals surface area contributed by atoms with Gasteiger partial charge in [-0.25, -0.2) is 0 Å². The van der Waals surface area contributed by atoms with Crippen LogP contribution in [0.1, 0.15) is 18.7 Å². The largest absolute Gasteiger partial charge is 0.468 e. The number of aromatic amines is 1. The molecule has 1 aliphatic heterocycles. The van der Waals surface area contributed by atoms with Gasteiger partial charge in [0.25, 0.3) is 0 Å². The minimum absolute atomic E-state index is 0. The molecule has 0 saturated heterocycles. The molecule has 0 aliphatic carbocycles. The van der Waals surface area contributed by atoms with Crippen LogP contribution in [-0.4, -0.2) is 24.1 Å². The molecular formula is C14H18N2O2. The van der Waals surface area contributed by atoms with E-state index in [-0.39, 0.29) is 19.4 Å². The Morgan fingerprint density at radius 1 is 1.39 bits per heavy atom. The van der Waals surface area contributed by atoms with Gasteiger partial charge in [-0.1, -0.05) is 25.6 Å². The summed E-state index contributed by atoms with van der Waals surface area (Å²) >= 11 is 0. The average molecular weight is 246 g/mol. The van der Waals surface area contributed by atoms with Crippen LogP contribution in [0.5, 0.6) is 0 Å². The molecule has 18 heavy (non-hydrogen) atoms. The Bertz CT molecular complexity index is 574. The first-order valence-electron chi connectivity index (χ1n) is 5.69. The van der Waals surface area contributed by atoms with Crippen LogP contribution in [-0.2, 0) is 22.5 Å². The molecule has 1 aliphatic rings. The van der Waals surface area contributed by atoms with E-state index in [1.165, 1.54) is 23.8 Å². The zero-order valence-corrected chi connectivity index (χ0v) is 9.62. The third-order valence-corrected chi connectivity index (χ3v) is 3.32. The van der Waals surface area contributed by atoms with Gasteiger partial charge in [0.05, 0.1) is 7.11 Å². The lowest BCUT2D eigenvalue weighted by atomic mass is 9.99. The lowest BCUT2D eigenvalue weighted by Gasteiger charge is -2.21. The highest BCUT2D eigenvalue weighted by Crippen LogP contribution is 2.26. The number of fused-ring (bicyclic) bond motifs is 3. The maximum Gasteiger partial charge on any atom is 0.323 e. The van der Waals surface area contributed by atoms with Crippen LogP contribution in [0.4, 0.5) is 0 Å². The second kappa shape index (κ2) is 4.82. The fraction of sp³-hybridized carbons (Fsp3) is 0.357. The van der Waals surface area contributed by atoms with Crippen molar-refractivity contribution in [3.63, 3.8) is 0 Å². The predicted octanol–water partition coefficient (Wildman–Crippen LogP) is 1.99. The zero-order valence-electron chi connectivity index (χ0n) is 9.62. The quantitative estimate of drug-likeness (QED) is 0.757. The molecule has 2 aromatic rings. The molecule has 0 spiro atoms. The van der Waals surface area contributed by atoms with Gasteiger partial charge in [0, 0.05) is 29.6 Å². The number of hydrogen-bond acceptors (Lipinski definition) is 3. The molecule has 1 unspecified atom stereocenters. The van der Waals surface area contributed by atoms with Crippen LogP contribution in [0, 0.1) is 0 Å². The molecule has 0 saturated carbocycles. The van der Waals surface area contributed by atoms with Gasteiger partial charge in [-0.05, 0) is 11.6 Å². The summed E-state index contributed by atoms with van der Waals surface area (Å²) in [6, 6.07) is 7.94. The van der Waals surface area contributed by atoms with Crippen molar-refractivity contribution in [2.24, 2.45) is 0 Å². The number of aromatic nitrogens is 1. The Labute approximate surface area is 106 Å². The fourth-order valence-corrected chi connectivity index (χ4v) is 2.45. The van der Waals surface area contributed by atoms with Crippen molar-refractivity contribution in [3.05, 3.63) is 35.5 Å². The van der Waals surface area contributed by atoms with Crippen molar-refractivity contribution in [2.45, 2.75) is 26.4 Å².